The Morgan fingerprint density at radius 3 is 2.76 bits per heavy atom. The van der Waals surface area contributed by atoms with Crippen molar-refractivity contribution in [2.24, 2.45) is 7.05 Å². The Balaban J connectivity index is 1.79. The number of hydrogen-bond donors (Lipinski definition) is 1. The quantitative estimate of drug-likeness (QED) is 0.715. The van der Waals surface area contributed by atoms with Gasteiger partial charge in [-0.1, -0.05) is 17.7 Å². The number of pyridine rings is 2. The molecule has 1 aromatic carbocycles. The Bertz CT molecular complexity index is 1180. The first-order chi connectivity index (χ1) is 13.9. The number of rotatable bonds is 3. The van der Waals surface area contributed by atoms with Crippen LogP contribution < -0.4 is 5.56 Å². The van der Waals surface area contributed by atoms with E-state index in [1.807, 2.05) is 0 Å². The minimum absolute atomic E-state index is 0.00594. The lowest BCUT2D eigenvalue weighted by Gasteiger charge is -2.31. The Morgan fingerprint density at radius 2 is 2.07 bits per heavy atom. The number of carbonyl (C=O) groups excluding carboxylic acids is 1. The van der Waals surface area contributed by atoms with Crippen molar-refractivity contribution in [2.75, 3.05) is 6.54 Å². The van der Waals surface area contributed by atoms with Crippen LogP contribution in [-0.4, -0.2) is 32.0 Å². The molecule has 0 fully saturated rings. The van der Waals surface area contributed by atoms with Crippen LogP contribution in [-0.2, 0) is 20.0 Å². The highest BCUT2D eigenvalue weighted by atomic mass is 35.5. The molecule has 1 aliphatic heterocycles. The average Bonchev–Trinajstić information content (AvgIpc) is 2.72. The fraction of sp³-hybridized carbons (Fsp3) is 0.190. The lowest BCUT2D eigenvalue weighted by atomic mass is 9.93. The molecule has 148 valence electrons. The zero-order chi connectivity index (χ0) is 20.7. The van der Waals surface area contributed by atoms with E-state index in [0.29, 0.717) is 35.3 Å². The number of aromatic hydroxyl groups is 1. The predicted molar refractivity (Wildman–Crippen MR) is 106 cm³/mol. The molecule has 1 aliphatic rings. The summed E-state index contributed by atoms with van der Waals surface area (Å²) in [6.07, 6.45) is 3.68. The number of nitrogens with zero attached hydrogens (tertiary/aromatic N) is 3. The minimum Gasteiger partial charge on any atom is -0.502 e. The van der Waals surface area contributed by atoms with E-state index in [4.69, 9.17) is 11.6 Å². The van der Waals surface area contributed by atoms with Crippen molar-refractivity contribution in [3.63, 3.8) is 0 Å². The number of fused-ring (bicyclic) bond motifs is 1. The van der Waals surface area contributed by atoms with Gasteiger partial charge in [0.15, 0.2) is 5.75 Å². The summed E-state index contributed by atoms with van der Waals surface area (Å²) in [4.78, 5) is 31.3. The van der Waals surface area contributed by atoms with Gasteiger partial charge in [-0.25, -0.2) is 4.39 Å². The summed E-state index contributed by atoms with van der Waals surface area (Å²) in [6.45, 7) is 0.570. The van der Waals surface area contributed by atoms with Crippen molar-refractivity contribution < 1.29 is 14.3 Å². The second-order valence-corrected chi connectivity index (χ2v) is 7.29. The SMILES string of the molecule is Cn1c(-c2cccnc2)c2c(c(O)c1=O)C(=O)N(Cc1ccc(F)c(Cl)c1)CC2. The molecule has 0 saturated carbocycles. The van der Waals surface area contributed by atoms with Crippen molar-refractivity contribution in [1.29, 1.82) is 0 Å². The molecule has 4 rings (SSSR count). The third-order valence-corrected chi connectivity index (χ3v) is 5.38. The second kappa shape index (κ2) is 7.33. The molecule has 0 bridgehead atoms. The van der Waals surface area contributed by atoms with Crippen molar-refractivity contribution in [1.82, 2.24) is 14.5 Å². The van der Waals surface area contributed by atoms with Crippen molar-refractivity contribution in [3.05, 3.63) is 80.6 Å². The first-order valence-corrected chi connectivity index (χ1v) is 9.34. The van der Waals surface area contributed by atoms with E-state index in [-0.39, 0.29) is 17.1 Å². The van der Waals surface area contributed by atoms with Crippen LogP contribution in [0.3, 0.4) is 0 Å². The van der Waals surface area contributed by atoms with Gasteiger partial charge in [0, 0.05) is 38.1 Å². The number of aromatic nitrogens is 2. The molecule has 1 N–H and O–H groups in total. The summed E-state index contributed by atoms with van der Waals surface area (Å²) in [5, 5.41) is 10.4. The molecule has 1 amide bonds. The van der Waals surface area contributed by atoms with E-state index in [9.17, 15) is 19.1 Å². The van der Waals surface area contributed by atoms with Gasteiger partial charge in [0.1, 0.15) is 5.82 Å². The third-order valence-electron chi connectivity index (χ3n) is 5.09. The van der Waals surface area contributed by atoms with Gasteiger partial charge in [0.2, 0.25) is 0 Å². The molecule has 0 radical (unpaired) electrons. The molecule has 0 saturated heterocycles. The number of hydrogen-bond acceptors (Lipinski definition) is 4. The highest BCUT2D eigenvalue weighted by molar-refractivity contribution is 6.30. The fourth-order valence-electron chi connectivity index (χ4n) is 3.69. The summed E-state index contributed by atoms with van der Waals surface area (Å²) in [7, 11) is 1.56. The predicted octanol–water partition coefficient (Wildman–Crippen LogP) is 3.14. The van der Waals surface area contributed by atoms with E-state index >= 15 is 0 Å². The van der Waals surface area contributed by atoms with Gasteiger partial charge in [0.05, 0.1) is 16.3 Å². The topological polar surface area (TPSA) is 75.4 Å². The fourth-order valence-corrected chi connectivity index (χ4v) is 3.89. The minimum atomic E-state index is -0.650. The van der Waals surface area contributed by atoms with Crippen molar-refractivity contribution in [2.45, 2.75) is 13.0 Å². The number of amides is 1. The van der Waals surface area contributed by atoms with E-state index in [2.05, 4.69) is 4.98 Å². The molecule has 2 aromatic heterocycles. The van der Waals surface area contributed by atoms with Gasteiger partial charge in [-0.2, -0.15) is 0 Å². The van der Waals surface area contributed by atoms with E-state index < -0.39 is 23.0 Å². The first-order valence-electron chi connectivity index (χ1n) is 8.97. The van der Waals surface area contributed by atoms with Gasteiger partial charge < -0.3 is 14.6 Å². The molecule has 29 heavy (non-hydrogen) atoms. The number of halogens is 2. The highest BCUT2D eigenvalue weighted by Gasteiger charge is 2.32. The Hall–Kier alpha value is -3.19. The van der Waals surface area contributed by atoms with Gasteiger partial charge >= 0.3 is 0 Å². The lowest BCUT2D eigenvalue weighted by molar-refractivity contribution is 0.0722. The molecule has 0 unspecified atom stereocenters. The van der Waals surface area contributed by atoms with Crippen LogP contribution in [0.15, 0.2) is 47.5 Å². The van der Waals surface area contributed by atoms with Crippen LogP contribution in [0.25, 0.3) is 11.3 Å². The van der Waals surface area contributed by atoms with Crippen LogP contribution in [0.1, 0.15) is 21.5 Å². The third kappa shape index (κ3) is 3.27. The van der Waals surface area contributed by atoms with E-state index in [1.165, 1.54) is 21.6 Å². The standard InChI is InChI=1S/C21H17ClFN3O3/c1-25-18(13-3-2-7-24-10-13)14-6-8-26(20(28)17(14)19(27)21(25)29)11-12-4-5-16(23)15(22)9-12/h2-5,7,9-10,27H,6,8,11H2,1H3. The Kier molecular flexibility index (Phi) is 4.84. The van der Waals surface area contributed by atoms with Gasteiger partial charge in [-0.3, -0.25) is 14.6 Å². The first kappa shape index (κ1) is 19.1. The maximum atomic E-state index is 13.4. The summed E-state index contributed by atoms with van der Waals surface area (Å²) in [5.74, 6) is -1.55. The molecule has 0 spiro atoms. The number of benzene rings is 1. The van der Waals surface area contributed by atoms with Gasteiger partial charge in [-0.05, 0) is 41.8 Å². The van der Waals surface area contributed by atoms with Crippen LogP contribution in [0.4, 0.5) is 4.39 Å². The summed E-state index contributed by atoms with van der Waals surface area (Å²) in [5.41, 5.74) is 1.87. The second-order valence-electron chi connectivity index (χ2n) is 6.88. The van der Waals surface area contributed by atoms with Crippen LogP contribution in [0, 0.1) is 5.82 Å². The summed E-state index contributed by atoms with van der Waals surface area (Å²) < 4.78 is 14.7. The lowest BCUT2D eigenvalue weighted by Crippen LogP contribution is -2.39. The van der Waals surface area contributed by atoms with Crippen molar-refractivity contribution >= 4 is 17.5 Å². The average molecular weight is 414 g/mol. The monoisotopic (exact) mass is 413 g/mol. The number of carbonyl (C=O) groups is 1. The maximum Gasteiger partial charge on any atom is 0.293 e. The Morgan fingerprint density at radius 1 is 1.28 bits per heavy atom. The zero-order valence-corrected chi connectivity index (χ0v) is 16.3. The summed E-state index contributed by atoms with van der Waals surface area (Å²) >= 11 is 5.83. The van der Waals surface area contributed by atoms with Crippen LogP contribution in [0.2, 0.25) is 5.02 Å². The highest BCUT2D eigenvalue weighted by Crippen LogP contribution is 2.33. The van der Waals surface area contributed by atoms with Crippen LogP contribution >= 0.6 is 11.6 Å². The van der Waals surface area contributed by atoms with Crippen molar-refractivity contribution in [3.8, 4) is 17.0 Å². The van der Waals surface area contributed by atoms with Crippen LogP contribution in [0.5, 0.6) is 5.75 Å². The molecule has 3 aromatic rings. The molecule has 0 aliphatic carbocycles. The van der Waals surface area contributed by atoms with E-state index in [1.54, 1.807) is 37.6 Å². The molecular formula is C21H17ClFN3O3. The molecular weight excluding hydrogens is 397 g/mol. The molecule has 0 atom stereocenters. The summed E-state index contributed by atoms with van der Waals surface area (Å²) in [6, 6.07) is 7.80. The molecule has 3 heterocycles. The Labute approximate surface area is 170 Å². The normalized spacial score (nSPS) is 13.5. The zero-order valence-electron chi connectivity index (χ0n) is 15.5. The van der Waals surface area contributed by atoms with E-state index in [0.717, 1.165) is 0 Å². The van der Waals surface area contributed by atoms with Gasteiger partial charge in [-0.15, -0.1) is 0 Å². The van der Waals surface area contributed by atoms with Gasteiger partial charge in [0.25, 0.3) is 11.5 Å². The molecule has 8 heteroatoms. The largest absolute Gasteiger partial charge is 0.502 e. The molecule has 6 nitrogen and oxygen atoms in total. The maximum absolute atomic E-state index is 13.4. The smallest absolute Gasteiger partial charge is 0.293 e.